The van der Waals surface area contributed by atoms with Gasteiger partial charge >= 0.3 is 0 Å². The number of hydrogen-bond acceptors (Lipinski definition) is 6. The molecule has 0 radical (unpaired) electrons. The summed E-state index contributed by atoms with van der Waals surface area (Å²) in [7, 11) is 0. The summed E-state index contributed by atoms with van der Waals surface area (Å²) in [6, 6.07) is 14.8. The molecule has 1 aliphatic carbocycles. The Hall–Kier alpha value is -3.94. The number of ether oxygens (including phenoxy) is 3. The minimum Gasteiger partial charge on any atom is -0.494 e. The van der Waals surface area contributed by atoms with Gasteiger partial charge in [0, 0.05) is 17.8 Å². The zero-order valence-electron chi connectivity index (χ0n) is 19.6. The zero-order valence-corrected chi connectivity index (χ0v) is 19.6. The lowest BCUT2D eigenvalue weighted by Gasteiger charge is -2.32. The molecule has 8 nitrogen and oxygen atoms in total. The Balaban J connectivity index is 1.59. The van der Waals surface area contributed by atoms with Gasteiger partial charge in [-0.2, -0.15) is 0 Å². The fraction of sp³-hybridized carbons (Fsp3) is 0.333. The maximum atomic E-state index is 13.8. The molecule has 2 aliphatic rings. The zero-order chi connectivity index (χ0) is 24.2. The van der Waals surface area contributed by atoms with Gasteiger partial charge in [-0.1, -0.05) is 25.0 Å². The van der Waals surface area contributed by atoms with E-state index in [1.165, 1.54) is 11.2 Å². The summed E-state index contributed by atoms with van der Waals surface area (Å²) in [6.07, 6.45) is 5.46. The van der Waals surface area contributed by atoms with Crippen LogP contribution in [0.25, 0.3) is 0 Å². The molecule has 2 heterocycles. The van der Waals surface area contributed by atoms with Gasteiger partial charge in [-0.05, 0) is 61.7 Å². The number of carbonyl (C=O) groups is 2. The average molecular weight is 477 g/mol. The van der Waals surface area contributed by atoms with E-state index in [2.05, 4.69) is 5.32 Å². The smallest absolute Gasteiger partial charge is 0.294 e. The van der Waals surface area contributed by atoms with Gasteiger partial charge in [0.1, 0.15) is 11.8 Å². The van der Waals surface area contributed by atoms with Crippen molar-refractivity contribution < 1.29 is 28.2 Å². The van der Waals surface area contributed by atoms with E-state index >= 15 is 0 Å². The first-order valence-corrected chi connectivity index (χ1v) is 11.9. The van der Waals surface area contributed by atoms with E-state index in [1.54, 1.807) is 30.3 Å². The molecule has 0 saturated heterocycles. The Labute approximate surface area is 203 Å². The molecule has 2 amide bonds. The van der Waals surface area contributed by atoms with Gasteiger partial charge in [0.2, 0.25) is 12.7 Å². The van der Waals surface area contributed by atoms with Crippen LogP contribution < -0.4 is 24.4 Å². The van der Waals surface area contributed by atoms with Crippen molar-refractivity contribution in [2.24, 2.45) is 0 Å². The molecular formula is C27H28N2O6. The van der Waals surface area contributed by atoms with Crippen LogP contribution in [0.4, 0.5) is 5.69 Å². The van der Waals surface area contributed by atoms with Crippen molar-refractivity contribution in [1.82, 2.24) is 5.32 Å². The van der Waals surface area contributed by atoms with Crippen LogP contribution in [0.3, 0.4) is 0 Å². The van der Waals surface area contributed by atoms with Crippen LogP contribution in [-0.2, 0) is 4.79 Å². The summed E-state index contributed by atoms with van der Waals surface area (Å²) < 4.78 is 22.0. The Morgan fingerprint density at radius 3 is 2.54 bits per heavy atom. The first-order chi connectivity index (χ1) is 17.1. The molecule has 1 saturated carbocycles. The number of fused-ring (bicyclic) bond motifs is 1. The lowest BCUT2D eigenvalue weighted by Crippen LogP contribution is -2.46. The van der Waals surface area contributed by atoms with Crippen molar-refractivity contribution in [2.75, 3.05) is 18.3 Å². The number of carbonyl (C=O) groups excluding carboxylic acids is 2. The predicted molar refractivity (Wildman–Crippen MR) is 129 cm³/mol. The summed E-state index contributed by atoms with van der Waals surface area (Å²) in [6.45, 7) is 2.55. The van der Waals surface area contributed by atoms with Crippen LogP contribution in [0, 0.1) is 0 Å². The highest BCUT2D eigenvalue weighted by Gasteiger charge is 2.36. The number of nitrogens with zero attached hydrogens (tertiary/aromatic N) is 1. The molecule has 0 spiro atoms. The second-order valence-corrected chi connectivity index (χ2v) is 8.58. The molecule has 182 valence electrons. The molecule has 0 bridgehead atoms. The third kappa shape index (κ3) is 4.82. The van der Waals surface area contributed by atoms with Gasteiger partial charge in [-0.15, -0.1) is 0 Å². The molecule has 1 unspecified atom stereocenters. The summed E-state index contributed by atoms with van der Waals surface area (Å²) in [5, 5.41) is 3.17. The molecule has 1 atom stereocenters. The van der Waals surface area contributed by atoms with Crippen molar-refractivity contribution in [3.8, 4) is 17.2 Å². The fourth-order valence-corrected chi connectivity index (χ4v) is 4.62. The topological polar surface area (TPSA) is 90.2 Å². The van der Waals surface area contributed by atoms with Gasteiger partial charge in [0.25, 0.3) is 5.91 Å². The summed E-state index contributed by atoms with van der Waals surface area (Å²) >= 11 is 0. The molecule has 1 fully saturated rings. The predicted octanol–water partition coefficient (Wildman–Crippen LogP) is 4.85. The van der Waals surface area contributed by atoms with E-state index in [0.717, 1.165) is 25.7 Å². The highest BCUT2D eigenvalue weighted by molar-refractivity contribution is 6.08. The van der Waals surface area contributed by atoms with Crippen molar-refractivity contribution in [3.05, 3.63) is 72.2 Å². The normalized spacial score (nSPS) is 15.6. The lowest BCUT2D eigenvalue weighted by atomic mass is 10.0. The summed E-state index contributed by atoms with van der Waals surface area (Å²) in [4.78, 5) is 29.1. The molecule has 35 heavy (non-hydrogen) atoms. The lowest BCUT2D eigenvalue weighted by molar-refractivity contribution is -0.123. The molecule has 2 aromatic carbocycles. The van der Waals surface area contributed by atoms with Crippen molar-refractivity contribution in [3.63, 3.8) is 0 Å². The largest absolute Gasteiger partial charge is 0.494 e. The van der Waals surface area contributed by atoms with Crippen molar-refractivity contribution >= 4 is 17.5 Å². The quantitative estimate of drug-likeness (QED) is 0.500. The van der Waals surface area contributed by atoms with Crippen molar-refractivity contribution in [2.45, 2.75) is 44.7 Å². The van der Waals surface area contributed by atoms with Crippen LogP contribution in [0.1, 0.15) is 54.8 Å². The van der Waals surface area contributed by atoms with E-state index in [-0.39, 0.29) is 24.5 Å². The monoisotopic (exact) mass is 476 g/mol. The standard InChI is InChI=1S/C27H28N2O6/c1-2-32-21-12-9-18(10-13-21)25(26(30)28-19-6-3-4-7-19)29(27(31)23-8-5-15-33-23)20-11-14-22-24(16-20)35-17-34-22/h5,8-16,19,25H,2-4,6-7,17H2,1H3,(H,28,30). The van der Waals surface area contributed by atoms with Gasteiger partial charge in [0.15, 0.2) is 17.3 Å². The molecule has 1 N–H and O–H groups in total. The Kier molecular flexibility index (Phi) is 6.61. The van der Waals surface area contributed by atoms with Crippen LogP contribution in [-0.4, -0.2) is 31.3 Å². The maximum Gasteiger partial charge on any atom is 0.294 e. The van der Waals surface area contributed by atoms with E-state index in [1.807, 2.05) is 31.2 Å². The molecule has 3 aromatic rings. The molecule has 5 rings (SSSR count). The number of benzene rings is 2. The summed E-state index contributed by atoms with van der Waals surface area (Å²) in [5.41, 5.74) is 1.15. The third-order valence-electron chi connectivity index (χ3n) is 6.30. The second kappa shape index (κ2) is 10.1. The molecule has 1 aromatic heterocycles. The summed E-state index contributed by atoms with van der Waals surface area (Å²) in [5.74, 6) is 1.24. The van der Waals surface area contributed by atoms with Crippen LogP contribution in [0.5, 0.6) is 17.2 Å². The minimum absolute atomic E-state index is 0.0880. The van der Waals surface area contributed by atoms with Gasteiger partial charge in [-0.3, -0.25) is 14.5 Å². The van der Waals surface area contributed by atoms with E-state index in [4.69, 9.17) is 18.6 Å². The first-order valence-electron chi connectivity index (χ1n) is 11.9. The van der Waals surface area contributed by atoms with Gasteiger partial charge < -0.3 is 23.9 Å². The van der Waals surface area contributed by atoms with Crippen molar-refractivity contribution in [1.29, 1.82) is 0 Å². The highest BCUT2D eigenvalue weighted by atomic mass is 16.7. The van der Waals surface area contributed by atoms with Crippen LogP contribution in [0.2, 0.25) is 0 Å². The average Bonchev–Trinajstić information content (AvgIpc) is 3.65. The highest BCUT2D eigenvalue weighted by Crippen LogP contribution is 2.39. The Morgan fingerprint density at radius 1 is 1.06 bits per heavy atom. The van der Waals surface area contributed by atoms with Gasteiger partial charge in [-0.25, -0.2) is 0 Å². The molecular weight excluding hydrogens is 448 g/mol. The SMILES string of the molecule is CCOc1ccc(C(C(=O)NC2CCCC2)N(C(=O)c2ccco2)c2ccc3c(c2)OCO3)cc1. The van der Waals surface area contributed by atoms with Gasteiger partial charge in [0.05, 0.1) is 12.9 Å². The second-order valence-electron chi connectivity index (χ2n) is 8.58. The number of amides is 2. The third-order valence-corrected chi connectivity index (χ3v) is 6.30. The maximum absolute atomic E-state index is 13.8. The van der Waals surface area contributed by atoms with E-state index in [0.29, 0.717) is 35.1 Å². The Bertz CT molecular complexity index is 1170. The molecule has 1 aliphatic heterocycles. The van der Waals surface area contributed by atoms with E-state index in [9.17, 15) is 9.59 Å². The van der Waals surface area contributed by atoms with Crippen LogP contribution in [0.15, 0.2) is 65.3 Å². The van der Waals surface area contributed by atoms with Crippen LogP contribution >= 0.6 is 0 Å². The first kappa shape index (κ1) is 22.8. The Morgan fingerprint density at radius 2 is 1.83 bits per heavy atom. The number of nitrogens with one attached hydrogen (secondary N) is 1. The molecule has 8 heteroatoms. The number of rotatable bonds is 8. The number of furan rings is 1. The minimum atomic E-state index is -0.941. The van der Waals surface area contributed by atoms with E-state index < -0.39 is 11.9 Å². The number of anilines is 1. The fourth-order valence-electron chi connectivity index (χ4n) is 4.62. The number of hydrogen-bond donors (Lipinski definition) is 1.